The molecule has 2 heterocycles. The van der Waals surface area contributed by atoms with Crippen LogP contribution in [0.4, 0.5) is 14.5 Å². The van der Waals surface area contributed by atoms with Crippen molar-refractivity contribution < 1.29 is 39.4 Å². The molecule has 0 saturated heterocycles. The van der Waals surface area contributed by atoms with Gasteiger partial charge in [-0.25, -0.2) is 13.1 Å². The van der Waals surface area contributed by atoms with Crippen LogP contribution < -0.4 is 19.5 Å². The van der Waals surface area contributed by atoms with Crippen molar-refractivity contribution in [1.29, 1.82) is 0 Å². The van der Waals surface area contributed by atoms with Crippen LogP contribution in [0.2, 0.25) is 0 Å². The van der Waals surface area contributed by atoms with E-state index in [9.17, 15) is 27.1 Å². The quantitative estimate of drug-likeness (QED) is 0.373. The summed E-state index contributed by atoms with van der Waals surface area (Å²) in [5.41, 5.74) is 1.80. The number of fused-ring (bicyclic) bond motifs is 2. The van der Waals surface area contributed by atoms with Crippen LogP contribution in [-0.2, 0) is 32.2 Å². The Labute approximate surface area is 228 Å². The molecule has 1 aromatic heterocycles. The van der Waals surface area contributed by atoms with Gasteiger partial charge >= 0.3 is 6.29 Å². The Bertz CT molecular complexity index is 1570. The van der Waals surface area contributed by atoms with Gasteiger partial charge in [0, 0.05) is 37.1 Å². The third kappa shape index (κ3) is 5.59. The van der Waals surface area contributed by atoms with Crippen LogP contribution in [0.5, 0.6) is 11.5 Å². The van der Waals surface area contributed by atoms with E-state index < -0.39 is 27.8 Å². The minimum absolute atomic E-state index is 0. The minimum atomic E-state index is -3.72. The van der Waals surface area contributed by atoms with Crippen molar-refractivity contribution in [3.63, 3.8) is 0 Å². The highest BCUT2D eigenvalue weighted by molar-refractivity contribution is 7.88. The van der Waals surface area contributed by atoms with Crippen LogP contribution in [-0.4, -0.2) is 49.2 Å². The number of sulfonamides is 1. The van der Waals surface area contributed by atoms with E-state index in [2.05, 4.69) is 19.5 Å². The number of anilines is 1. The predicted octanol–water partition coefficient (Wildman–Crippen LogP) is 4.33. The molecule has 0 radical (unpaired) electrons. The smallest absolute Gasteiger partial charge is 0.395 e. The zero-order chi connectivity index (χ0) is 28.4. The third-order valence-electron chi connectivity index (χ3n) is 7.04. The number of rotatable bonds is 8. The summed E-state index contributed by atoms with van der Waals surface area (Å²) >= 11 is 0. The molecule has 3 aromatic rings. The average molecular weight is 568 g/mol. The van der Waals surface area contributed by atoms with Crippen molar-refractivity contribution in [3.8, 4) is 11.5 Å². The van der Waals surface area contributed by atoms with E-state index in [1.165, 1.54) is 12.1 Å². The zero-order valence-corrected chi connectivity index (χ0v) is 22.9. The van der Waals surface area contributed by atoms with Crippen molar-refractivity contribution in [2.75, 3.05) is 18.1 Å². The number of nitrogens with zero attached hydrogens (tertiary/aromatic N) is 1. The summed E-state index contributed by atoms with van der Waals surface area (Å²) in [7, 11) is -3.44. The molecule has 2 aliphatic rings. The zero-order valence-electron chi connectivity index (χ0n) is 22.0. The molecule has 5 rings (SSSR count). The van der Waals surface area contributed by atoms with E-state index in [1.54, 1.807) is 12.1 Å². The number of amides is 1. The number of ether oxygens (including phenoxy) is 2. The monoisotopic (exact) mass is 567 g/mol. The Morgan fingerprint density at radius 3 is 2.46 bits per heavy atom. The van der Waals surface area contributed by atoms with E-state index in [-0.39, 0.29) is 38.8 Å². The van der Waals surface area contributed by atoms with Gasteiger partial charge in [-0.1, -0.05) is 26.8 Å². The summed E-state index contributed by atoms with van der Waals surface area (Å²) in [5.74, 6) is -0.407. The molecule has 39 heavy (non-hydrogen) atoms. The molecule has 3 N–H and O–H groups in total. The first kappa shape index (κ1) is 27.4. The second kappa shape index (κ2) is 9.17. The van der Waals surface area contributed by atoms with Gasteiger partial charge in [-0.3, -0.25) is 4.79 Å². The Morgan fingerprint density at radius 1 is 1.13 bits per heavy atom. The highest BCUT2D eigenvalue weighted by atomic mass is 32.2. The van der Waals surface area contributed by atoms with Gasteiger partial charge in [-0.05, 0) is 54.8 Å². The lowest BCUT2D eigenvalue weighted by Crippen LogP contribution is -2.34. The topological polar surface area (TPSA) is 119 Å². The molecule has 1 aliphatic heterocycles. The SMILES string of the molecule is CC(C)(C)c1cc2cc(NC(=O)C3(c4ccc5c(c4)OC(F)(F)O5)CC3)ccc2n1C[C@@H](O)CNS(C)(=O)=O.[HH].[HH]. The second-order valence-electron chi connectivity index (χ2n) is 11.3. The molecule has 9 nitrogen and oxygen atoms in total. The molecule has 2 aromatic carbocycles. The maximum atomic E-state index is 13.4. The highest BCUT2D eigenvalue weighted by Crippen LogP contribution is 2.52. The summed E-state index contributed by atoms with van der Waals surface area (Å²) < 4.78 is 63.1. The van der Waals surface area contributed by atoms with Crippen LogP contribution in [0.1, 0.15) is 47.7 Å². The Hall–Kier alpha value is -3.22. The first-order chi connectivity index (χ1) is 18.1. The number of aliphatic hydroxyl groups excluding tert-OH is 1. The van der Waals surface area contributed by atoms with Crippen LogP contribution in [0.3, 0.4) is 0 Å². The number of benzene rings is 2. The van der Waals surface area contributed by atoms with E-state index in [4.69, 9.17) is 0 Å². The van der Waals surface area contributed by atoms with Crippen LogP contribution in [0, 0.1) is 0 Å². The lowest BCUT2D eigenvalue weighted by molar-refractivity contribution is -0.286. The summed E-state index contributed by atoms with van der Waals surface area (Å²) in [6, 6.07) is 11.9. The van der Waals surface area contributed by atoms with E-state index in [1.807, 2.05) is 43.5 Å². The summed E-state index contributed by atoms with van der Waals surface area (Å²) in [4.78, 5) is 13.4. The third-order valence-corrected chi connectivity index (χ3v) is 7.73. The average Bonchev–Trinajstić information content (AvgIpc) is 3.46. The van der Waals surface area contributed by atoms with Crippen molar-refractivity contribution in [3.05, 3.63) is 53.7 Å². The molecular formula is C27H35F2N3O6S. The number of carbonyl (C=O) groups excluding carboxylic acids is 1. The highest BCUT2D eigenvalue weighted by Gasteiger charge is 2.52. The molecule has 1 saturated carbocycles. The van der Waals surface area contributed by atoms with Gasteiger partial charge in [0.1, 0.15) is 0 Å². The fourth-order valence-electron chi connectivity index (χ4n) is 4.96. The maximum absolute atomic E-state index is 13.4. The summed E-state index contributed by atoms with van der Waals surface area (Å²) in [6.45, 7) is 6.19. The standard InChI is InChI=1S/C27H31F2N3O6S.2H2/c1-25(2,3)23-12-16-11-18(6-7-20(16)32(23)15-19(33)14-30-39(4,35)36)31-24(34)26(9-10-26)17-5-8-21-22(13-17)38-27(28,29)37-21;;/h5-8,11-13,19,30,33H,9-10,14-15H2,1-4H3,(H,31,34);2*1H/t19-;;/m0../s1. The largest absolute Gasteiger partial charge is 0.586 e. The molecule has 1 atom stereocenters. The van der Waals surface area contributed by atoms with E-state index >= 15 is 0 Å². The first-order valence-electron chi connectivity index (χ1n) is 12.5. The first-order valence-corrected chi connectivity index (χ1v) is 14.4. The fourth-order valence-corrected chi connectivity index (χ4v) is 5.45. The van der Waals surface area contributed by atoms with Gasteiger partial charge in [0.25, 0.3) is 0 Å². The molecule has 1 aliphatic carbocycles. The molecule has 12 heteroatoms. The predicted molar refractivity (Wildman–Crippen MR) is 146 cm³/mol. The molecule has 0 unspecified atom stereocenters. The molecular weight excluding hydrogens is 532 g/mol. The van der Waals surface area contributed by atoms with E-state index in [0.717, 1.165) is 22.9 Å². The summed E-state index contributed by atoms with van der Waals surface area (Å²) in [5, 5.41) is 14.3. The van der Waals surface area contributed by atoms with Crippen molar-refractivity contribution in [2.24, 2.45) is 0 Å². The number of aliphatic hydroxyl groups is 1. The van der Waals surface area contributed by atoms with Gasteiger partial charge in [0.15, 0.2) is 11.5 Å². The molecule has 1 fully saturated rings. The lowest BCUT2D eigenvalue weighted by atomic mass is 9.92. The Morgan fingerprint density at radius 2 is 1.82 bits per heavy atom. The maximum Gasteiger partial charge on any atom is 0.586 e. The van der Waals surface area contributed by atoms with Crippen LogP contribution in [0.15, 0.2) is 42.5 Å². The Balaban J connectivity index is 0.00000231. The number of alkyl halides is 2. The lowest BCUT2D eigenvalue weighted by Gasteiger charge is -2.24. The summed E-state index contributed by atoms with van der Waals surface area (Å²) in [6.07, 6.45) is -2.50. The molecule has 0 spiro atoms. The number of nitrogens with one attached hydrogen (secondary N) is 2. The molecule has 214 valence electrons. The normalized spacial score (nSPS) is 18.2. The van der Waals surface area contributed by atoms with Gasteiger partial charge in [0.05, 0.1) is 24.3 Å². The van der Waals surface area contributed by atoms with Crippen LogP contribution in [0.25, 0.3) is 10.9 Å². The number of hydrogen-bond acceptors (Lipinski definition) is 6. The van der Waals surface area contributed by atoms with E-state index in [0.29, 0.717) is 24.1 Å². The number of halogens is 2. The van der Waals surface area contributed by atoms with Gasteiger partial charge in [-0.15, -0.1) is 8.78 Å². The van der Waals surface area contributed by atoms with Gasteiger partial charge in [0.2, 0.25) is 15.9 Å². The fraction of sp³-hybridized carbons (Fsp3) is 0.444. The number of carbonyl (C=O) groups is 1. The van der Waals surface area contributed by atoms with Crippen LogP contribution >= 0.6 is 0 Å². The van der Waals surface area contributed by atoms with Gasteiger partial charge in [-0.2, -0.15) is 0 Å². The molecule has 0 bridgehead atoms. The second-order valence-corrected chi connectivity index (χ2v) is 13.1. The molecule has 1 amide bonds. The van der Waals surface area contributed by atoms with Crippen molar-refractivity contribution >= 4 is 32.5 Å². The minimum Gasteiger partial charge on any atom is -0.395 e. The number of hydrogen-bond donors (Lipinski definition) is 3. The van der Waals surface area contributed by atoms with Gasteiger partial charge < -0.3 is 24.5 Å². The van der Waals surface area contributed by atoms with Crippen molar-refractivity contribution in [1.82, 2.24) is 9.29 Å². The van der Waals surface area contributed by atoms with Crippen molar-refractivity contribution in [2.45, 2.75) is 63.4 Å². The Kier molecular flexibility index (Phi) is 6.43. The number of aromatic nitrogens is 1.